The molecular weight excluding hydrogens is 312 g/mol. The van der Waals surface area contributed by atoms with Gasteiger partial charge in [0.25, 0.3) is 11.6 Å². The molecular formula is C12H15BrN4O2. The SMILES string of the molecule is COc1nc(C)cc(=O)n1Cc1c(Br)c(C)nn1C. The van der Waals surface area contributed by atoms with E-state index in [1.165, 1.54) is 17.7 Å². The summed E-state index contributed by atoms with van der Waals surface area (Å²) in [7, 11) is 3.34. The molecule has 2 rings (SSSR count). The molecule has 0 spiro atoms. The molecule has 0 fully saturated rings. The molecule has 0 bridgehead atoms. The lowest BCUT2D eigenvalue weighted by molar-refractivity contribution is 0.348. The largest absolute Gasteiger partial charge is 0.468 e. The molecule has 0 saturated heterocycles. The maximum absolute atomic E-state index is 12.1. The van der Waals surface area contributed by atoms with Crippen LogP contribution in [0.15, 0.2) is 15.3 Å². The predicted molar refractivity (Wildman–Crippen MR) is 74.5 cm³/mol. The molecule has 19 heavy (non-hydrogen) atoms. The lowest BCUT2D eigenvalue weighted by atomic mass is 10.3. The van der Waals surface area contributed by atoms with Crippen molar-refractivity contribution >= 4 is 15.9 Å². The van der Waals surface area contributed by atoms with Gasteiger partial charge in [-0.3, -0.25) is 14.0 Å². The number of hydrogen-bond donors (Lipinski definition) is 0. The number of methoxy groups -OCH3 is 1. The molecule has 7 heteroatoms. The summed E-state index contributed by atoms with van der Waals surface area (Å²) < 4.78 is 9.29. The van der Waals surface area contributed by atoms with Gasteiger partial charge in [-0.25, -0.2) is 4.98 Å². The second-order valence-corrected chi connectivity index (χ2v) is 5.07. The molecule has 2 aromatic rings. The highest BCUT2D eigenvalue weighted by Gasteiger charge is 2.15. The Kier molecular flexibility index (Phi) is 3.75. The average molecular weight is 327 g/mol. The van der Waals surface area contributed by atoms with E-state index in [0.29, 0.717) is 18.2 Å². The van der Waals surface area contributed by atoms with Crippen molar-refractivity contribution in [1.29, 1.82) is 0 Å². The molecule has 0 aliphatic carbocycles. The van der Waals surface area contributed by atoms with E-state index in [4.69, 9.17) is 4.74 Å². The van der Waals surface area contributed by atoms with Crippen molar-refractivity contribution in [2.75, 3.05) is 7.11 Å². The minimum atomic E-state index is -0.143. The normalized spacial score (nSPS) is 10.8. The van der Waals surface area contributed by atoms with Crippen LogP contribution in [-0.2, 0) is 13.6 Å². The first-order valence-electron chi connectivity index (χ1n) is 5.74. The van der Waals surface area contributed by atoms with Gasteiger partial charge < -0.3 is 4.74 Å². The van der Waals surface area contributed by atoms with Crippen LogP contribution in [0, 0.1) is 13.8 Å². The molecule has 102 valence electrons. The molecule has 0 aromatic carbocycles. The lowest BCUT2D eigenvalue weighted by Gasteiger charge is -2.11. The van der Waals surface area contributed by atoms with Gasteiger partial charge in [0, 0.05) is 18.8 Å². The van der Waals surface area contributed by atoms with E-state index < -0.39 is 0 Å². The molecule has 2 heterocycles. The zero-order valence-electron chi connectivity index (χ0n) is 11.3. The zero-order chi connectivity index (χ0) is 14.2. The second-order valence-electron chi connectivity index (χ2n) is 4.28. The van der Waals surface area contributed by atoms with Gasteiger partial charge in [0.2, 0.25) is 0 Å². The van der Waals surface area contributed by atoms with E-state index in [2.05, 4.69) is 26.0 Å². The van der Waals surface area contributed by atoms with Crippen LogP contribution in [0.25, 0.3) is 0 Å². The Bertz CT molecular complexity index is 675. The van der Waals surface area contributed by atoms with Gasteiger partial charge in [0.15, 0.2) is 0 Å². The smallest absolute Gasteiger partial charge is 0.299 e. The number of aryl methyl sites for hydroxylation is 3. The third-order valence-corrected chi connectivity index (χ3v) is 3.88. The topological polar surface area (TPSA) is 61.9 Å². The second kappa shape index (κ2) is 5.16. The van der Waals surface area contributed by atoms with Crippen molar-refractivity contribution in [2.45, 2.75) is 20.4 Å². The molecule has 0 N–H and O–H groups in total. The number of halogens is 1. The fourth-order valence-corrected chi connectivity index (χ4v) is 2.36. The first-order valence-corrected chi connectivity index (χ1v) is 6.53. The number of rotatable bonds is 3. The number of ether oxygens (including phenoxy) is 1. The summed E-state index contributed by atoms with van der Waals surface area (Å²) in [6, 6.07) is 1.79. The highest BCUT2D eigenvalue weighted by atomic mass is 79.9. The Morgan fingerprint density at radius 2 is 2.11 bits per heavy atom. The van der Waals surface area contributed by atoms with Crippen LogP contribution in [0.2, 0.25) is 0 Å². The van der Waals surface area contributed by atoms with Crippen LogP contribution in [0.1, 0.15) is 17.1 Å². The molecule has 0 atom stereocenters. The molecule has 0 saturated carbocycles. The number of nitrogens with zero attached hydrogens (tertiary/aromatic N) is 4. The average Bonchev–Trinajstić information content (AvgIpc) is 2.58. The van der Waals surface area contributed by atoms with Gasteiger partial charge in [0.1, 0.15) is 0 Å². The van der Waals surface area contributed by atoms with Crippen molar-refractivity contribution in [3.63, 3.8) is 0 Å². The fourth-order valence-electron chi connectivity index (χ4n) is 1.90. The summed E-state index contributed by atoms with van der Waals surface area (Å²) in [6.07, 6.45) is 0. The van der Waals surface area contributed by atoms with Crippen molar-refractivity contribution in [3.8, 4) is 6.01 Å². The van der Waals surface area contributed by atoms with Crippen LogP contribution in [0.3, 0.4) is 0 Å². The van der Waals surface area contributed by atoms with Gasteiger partial charge in [-0.2, -0.15) is 5.10 Å². The van der Waals surface area contributed by atoms with Crippen LogP contribution in [0.4, 0.5) is 0 Å². The Balaban J connectivity index is 2.52. The molecule has 6 nitrogen and oxygen atoms in total. The van der Waals surface area contributed by atoms with Crippen molar-refractivity contribution in [2.24, 2.45) is 7.05 Å². The van der Waals surface area contributed by atoms with Crippen LogP contribution < -0.4 is 10.3 Å². The quantitative estimate of drug-likeness (QED) is 0.855. The number of hydrogen-bond acceptors (Lipinski definition) is 4. The van der Waals surface area contributed by atoms with Gasteiger partial charge in [-0.15, -0.1) is 0 Å². The minimum Gasteiger partial charge on any atom is -0.468 e. The Hall–Kier alpha value is -1.63. The molecule has 0 amide bonds. The van der Waals surface area contributed by atoms with Gasteiger partial charge in [-0.05, 0) is 29.8 Å². The van der Waals surface area contributed by atoms with Crippen LogP contribution in [-0.4, -0.2) is 26.4 Å². The highest BCUT2D eigenvalue weighted by Crippen LogP contribution is 2.21. The van der Waals surface area contributed by atoms with E-state index in [-0.39, 0.29) is 5.56 Å². The third kappa shape index (κ3) is 2.56. The van der Waals surface area contributed by atoms with Gasteiger partial charge in [0.05, 0.1) is 29.5 Å². The molecule has 0 aliphatic heterocycles. The predicted octanol–water partition coefficient (Wildman–Crippen LogP) is 1.41. The molecule has 2 aromatic heterocycles. The summed E-state index contributed by atoms with van der Waals surface area (Å²) in [6.45, 7) is 4.02. The standard InChI is InChI=1S/C12H15BrN4O2/c1-7-5-10(18)17(12(14-7)19-4)6-9-11(13)8(2)15-16(9)3/h5H,6H2,1-4H3. The Morgan fingerprint density at radius 1 is 1.42 bits per heavy atom. The lowest BCUT2D eigenvalue weighted by Crippen LogP contribution is -2.24. The molecule has 0 aliphatic rings. The highest BCUT2D eigenvalue weighted by molar-refractivity contribution is 9.10. The first-order chi connectivity index (χ1) is 8.93. The van der Waals surface area contributed by atoms with Gasteiger partial charge >= 0.3 is 0 Å². The Morgan fingerprint density at radius 3 is 2.63 bits per heavy atom. The maximum Gasteiger partial charge on any atom is 0.299 e. The molecule has 0 radical (unpaired) electrons. The third-order valence-electron chi connectivity index (χ3n) is 2.85. The molecule has 0 unspecified atom stereocenters. The number of aromatic nitrogens is 4. The summed E-state index contributed by atoms with van der Waals surface area (Å²) in [5.41, 5.74) is 2.27. The van der Waals surface area contributed by atoms with E-state index in [1.54, 1.807) is 11.6 Å². The van der Waals surface area contributed by atoms with E-state index >= 15 is 0 Å². The summed E-state index contributed by atoms with van der Waals surface area (Å²) in [5, 5.41) is 4.30. The van der Waals surface area contributed by atoms with Gasteiger partial charge in [-0.1, -0.05) is 0 Å². The zero-order valence-corrected chi connectivity index (χ0v) is 12.9. The minimum absolute atomic E-state index is 0.143. The summed E-state index contributed by atoms with van der Waals surface area (Å²) >= 11 is 3.48. The first kappa shape index (κ1) is 13.8. The fraction of sp³-hybridized carbons (Fsp3) is 0.417. The van der Waals surface area contributed by atoms with E-state index in [9.17, 15) is 4.79 Å². The maximum atomic E-state index is 12.1. The van der Waals surface area contributed by atoms with Crippen molar-refractivity contribution in [1.82, 2.24) is 19.3 Å². The summed E-state index contributed by atoms with van der Waals surface area (Å²) in [4.78, 5) is 16.3. The van der Waals surface area contributed by atoms with Crippen molar-refractivity contribution in [3.05, 3.63) is 38.0 Å². The van der Waals surface area contributed by atoms with E-state index in [0.717, 1.165) is 15.9 Å². The monoisotopic (exact) mass is 326 g/mol. The van der Waals surface area contributed by atoms with Crippen LogP contribution in [0.5, 0.6) is 6.01 Å². The summed E-state index contributed by atoms with van der Waals surface area (Å²) in [5.74, 6) is 0. The Labute approximate surface area is 119 Å². The van der Waals surface area contributed by atoms with Crippen LogP contribution >= 0.6 is 15.9 Å². The van der Waals surface area contributed by atoms with E-state index in [1.807, 2.05) is 14.0 Å². The van der Waals surface area contributed by atoms with Crippen molar-refractivity contribution < 1.29 is 4.74 Å².